The summed E-state index contributed by atoms with van der Waals surface area (Å²) >= 11 is 5.63. The topological polar surface area (TPSA) is 22.1 Å². The Morgan fingerprint density at radius 1 is 1.54 bits per heavy atom. The molecule has 2 nitrogen and oxygen atoms in total. The molecule has 0 aromatic carbocycles. The van der Waals surface area contributed by atoms with Crippen LogP contribution in [0.3, 0.4) is 0 Å². The van der Waals surface area contributed by atoms with E-state index < -0.39 is 6.43 Å². The number of methoxy groups -OCH3 is 1. The van der Waals surface area contributed by atoms with E-state index in [0.29, 0.717) is 5.56 Å². The van der Waals surface area contributed by atoms with Crippen LogP contribution in [0.25, 0.3) is 0 Å². The summed E-state index contributed by atoms with van der Waals surface area (Å²) in [6.45, 7) is 1.52. The lowest BCUT2D eigenvalue weighted by atomic mass is 10.1. The van der Waals surface area contributed by atoms with Crippen molar-refractivity contribution >= 4 is 11.6 Å². The Morgan fingerprint density at radius 3 is 2.62 bits per heavy atom. The Morgan fingerprint density at radius 2 is 2.15 bits per heavy atom. The van der Waals surface area contributed by atoms with Gasteiger partial charge in [0.25, 0.3) is 6.43 Å². The first-order valence-corrected chi connectivity index (χ1v) is 3.92. The van der Waals surface area contributed by atoms with Crippen LogP contribution in [0.2, 0.25) is 5.15 Å². The molecule has 1 aromatic heterocycles. The molecule has 0 amide bonds. The molecular weight excluding hydrogens is 200 g/mol. The van der Waals surface area contributed by atoms with Crippen molar-refractivity contribution < 1.29 is 13.5 Å². The lowest BCUT2D eigenvalue weighted by Gasteiger charge is -2.09. The summed E-state index contributed by atoms with van der Waals surface area (Å²) in [5.41, 5.74) is 0.179. The molecule has 0 saturated carbocycles. The van der Waals surface area contributed by atoms with Crippen molar-refractivity contribution in [2.24, 2.45) is 0 Å². The Hall–Kier alpha value is -0.900. The summed E-state index contributed by atoms with van der Waals surface area (Å²) in [5, 5.41) is 0.101. The molecule has 1 aromatic rings. The molecule has 0 fully saturated rings. The molecule has 0 aliphatic carbocycles. The molecule has 1 rings (SSSR count). The van der Waals surface area contributed by atoms with Gasteiger partial charge in [0.05, 0.1) is 7.11 Å². The maximum Gasteiger partial charge on any atom is 0.265 e. The number of nitrogens with zero attached hydrogens (tertiary/aromatic N) is 1. The summed E-state index contributed by atoms with van der Waals surface area (Å²) in [6.07, 6.45) is -1.50. The normalized spacial score (nSPS) is 10.6. The van der Waals surface area contributed by atoms with Crippen LogP contribution in [0.5, 0.6) is 5.75 Å². The van der Waals surface area contributed by atoms with Gasteiger partial charge in [0.1, 0.15) is 0 Å². The third kappa shape index (κ3) is 1.88. The van der Waals surface area contributed by atoms with Crippen molar-refractivity contribution in [3.8, 4) is 5.75 Å². The van der Waals surface area contributed by atoms with Gasteiger partial charge in [-0.2, -0.15) is 0 Å². The minimum absolute atomic E-state index is 0.101. The molecule has 0 radical (unpaired) electrons. The van der Waals surface area contributed by atoms with Crippen molar-refractivity contribution in [2.75, 3.05) is 7.11 Å². The van der Waals surface area contributed by atoms with E-state index in [4.69, 9.17) is 16.3 Å². The number of hydrogen-bond donors (Lipinski definition) is 0. The Labute approximate surface area is 79.5 Å². The molecule has 72 valence electrons. The fourth-order valence-corrected chi connectivity index (χ4v) is 1.29. The summed E-state index contributed by atoms with van der Waals surface area (Å²) in [6, 6.07) is 0. The fourth-order valence-electron chi connectivity index (χ4n) is 1.02. The lowest BCUT2D eigenvalue weighted by Crippen LogP contribution is -1.97. The highest BCUT2D eigenvalue weighted by Crippen LogP contribution is 2.32. The molecular formula is C8H8ClF2NO. The number of alkyl halides is 2. The monoisotopic (exact) mass is 207 g/mol. The first-order chi connectivity index (χ1) is 6.07. The first kappa shape index (κ1) is 10.2. The van der Waals surface area contributed by atoms with E-state index in [1.807, 2.05) is 0 Å². The molecule has 0 saturated heterocycles. The molecule has 0 N–H and O–H groups in total. The molecule has 13 heavy (non-hydrogen) atoms. The Kier molecular flexibility index (Phi) is 3.03. The van der Waals surface area contributed by atoms with Gasteiger partial charge in [-0.25, -0.2) is 13.8 Å². The molecule has 0 atom stereocenters. The number of aromatic nitrogens is 1. The molecule has 5 heteroatoms. The Bertz CT molecular complexity index is 317. The van der Waals surface area contributed by atoms with Gasteiger partial charge >= 0.3 is 0 Å². The second-order valence-corrected chi connectivity index (χ2v) is 2.82. The van der Waals surface area contributed by atoms with Crippen molar-refractivity contribution in [3.63, 3.8) is 0 Å². The highest BCUT2D eigenvalue weighted by molar-refractivity contribution is 6.30. The highest BCUT2D eigenvalue weighted by atomic mass is 35.5. The van der Waals surface area contributed by atoms with Gasteiger partial charge in [0.2, 0.25) is 0 Å². The van der Waals surface area contributed by atoms with Gasteiger partial charge in [0, 0.05) is 17.3 Å². The van der Waals surface area contributed by atoms with Crippen LogP contribution in [0.15, 0.2) is 6.20 Å². The number of pyridine rings is 1. The largest absolute Gasteiger partial charge is 0.493 e. The summed E-state index contributed by atoms with van der Waals surface area (Å²) in [7, 11) is 1.37. The second-order valence-electron chi connectivity index (χ2n) is 2.46. The number of ether oxygens (including phenoxy) is 1. The van der Waals surface area contributed by atoms with Crippen LogP contribution < -0.4 is 4.74 Å². The van der Waals surface area contributed by atoms with Gasteiger partial charge in [0.15, 0.2) is 10.9 Å². The van der Waals surface area contributed by atoms with Gasteiger partial charge in [-0.15, -0.1) is 0 Å². The van der Waals surface area contributed by atoms with E-state index >= 15 is 0 Å². The minimum Gasteiger partial charge on any atom is -0.493 e. The van der Waals surface area contributed by atoms with Gasteiger partial charge in [-0.1, -0.05) is 11.6 Å². The van der Waals surface area contributed by atoms with Gasteiger partial charge < -0.3 is 4.74 Å². The van der Waals surface area contributed by atoms with Gasteiger partial charge in [-0.3, -0.25) is 0 Å². The summed E-state index contributed by atoms with van der Waals surface area (Å²) in [5.74, 6) is 0.208. The van der Waals surface area contributed by atoms with E-state index in [-0.39, 0.29) is 16.5 Å². The van der Waals surface area contributed by atoms with E-state index in [1.165, 1.54) is 14.0 Å². The van der Waals surface area contributed by atoms with Crippen molar-refractivity contribution in [1.82, 2.24) is 4.98 Å². The standard InChI is InChI=1S/C8H8ClF2NO/c1-4-5(8(10)11)3-12-7(9)6(4)13-2/h3,8H,1-2H3. The average molecular weight is 208 g/mol. The second kappa shape index (κ2) is 3.87. The van der Waals surface area contributed by atoms with E-state index in [2.05, 4.69) is 4.98 Å². The average Bonchev–Trinajstić information content (AvgIpc) is 2.04. The van der Waals surface area contributed by atoms with E-state index in [0.717, 1.165) is 6.20 Å². The molecule has 1 heterocycles. The zero-order valence-corrected chi connectivity index (χ0v) is 7.90. The highest BCUT2D eigenvalue weighted by Gasteiger charge is 2.16. The lowest BCUT2D eigenvalue weighted by molar-refractivity contribution is 0.149. The van der Waals surface area contributed by atoms with Gasteiger partial charge in [-0.05, 0) is 6.92 Å². The SMILES string of the molecule is COc1c(Cl)ncc(C(F)F)c1C. The third-order valence-corrected chi connectivity index (χ3v) is 1.99. The van der Waals surface area contributed by atoms with Crippen LogP contribution in [0, 0.1) is 6.92 Å². The van der Waals surface area contributed by atoms with Crippen molar-refractivity contribution in [1.29, 1.82) is 0 Å². The molecule has 0 bridgehead atoms. The smallest absolute Gasteiger partial charge is 0.265 e. The predicted octanol–water partition coefficient (Wildman–Crippen LogP) is 2.99. The van der Waals surface area contributed by atoms with Crippen LogP contribution >= 0.6 is 11.6 Å². The first-order valence-electron chi connectivity index (χ1n) is 3.55. The Balaban J connectivity index is 3.27. The van der Waals surface area contributed by atoms with Crippen molar-refractivity contribution in [3.05, 3.63) is 22.5 Å². The van der Waals surface area contributed by atoms with Crippen LogP contribution in [0.4, 0.5) is 8.78 Å². The fraction of sp³-hybridized carbons (Fsp3) is 0.375. The third-order valence-electron chi connectivity index (χ3n) is 1.72. The molecule has 0 spiro atoms. The zero-order chi connectivity index (χ0) is 10.0. The molecule has 0 aliphatic heterocycles. The van der Waals surface area contributed by atoms with Crippen molar-refractivity contribution in [2.45, 2.75) is 13.3 Å². The van der Waals surface area contributed by atoms with Crippen LogP contribution in [-0.2, 0) is 0 Å². The quantitative estimate of drug-likeness (QED) is 0.696. The maximum atomic E-state index is 12.3. The molecule has 0 unspecified atom stereocenters. The van der Waals surface area contributed by atoms with Crippen LogP contribution in [-0.4, -0.2) is 12.1 Å². The summed E-state index contributed by atoms with van der Waals surface area (Å²) in [4.78, 5) is 3.59. The van der Waals surface area contributed by atoms with Crippen LogP contribution in [0.1, 0.15) is 17.6 Å². The van der Waals surface area contributed by atoms with E-state index in [9.17, 15) is 8.78 Å². The zero-order valence-electron chi connectivity index (χ0n) is 7.14. The summed E-state index contributed by atoms with van der Waals surface area (Å²) < 4.78 is 29.5. The number of hydrogen-bond acceptors (Lipinski definition) is 2. The maximum absolute atomic E-state index is 12.3. The predicted molar refractivity (Wildman–Crippen MR) is 45.5 cm³/mol. The minimum atomic E-state index is -2.56. The number of halogens is 3. The number of rotatable bonds is 2. The molecule has 0 aliphatic rings. The van der Waals surface area contributed by atoms with E-state index in [1.54, 1.807) is 0 Å².